The summed E-state index contributed by atoms with van der Waals surface area (Å²) in [5.74, 6) is -3.68. The second-order valence-corrected chi connectivity index (χ2v) is 8.47. The average Bonchev–Trinajstić information content (AvgIpc) is 2.95. The largest absolute Gasteiger partial charge is 0.514 e. The van der Waals surface area contributed by atoms with E-state index in [0.29, 0.717) is 0 Å². The molecule has 0 N–H and O–H groups in total. The molecule has 3 rings (SSSR count). The van der Waals surface area contributed by atoms with Gasteiger partial charge in [0.1, 0.15) is 5.60 Å². The quantitative estimate of drug-likeness (QED) is 0.712. The van der Waals surface area contributed by atoms with Crippen LogP contribution in [-0.4, -0.2) is 52.9 Å². The molecule has 154 valence electrons. The fraction of sp³-hybridized carbons (Fsp3) is 0.714. The van der Waals surface area contributed by atoms with E-state index in [2.05, 4.69) is 4.98 Å². The molecule has 1 unspecified atom stereocenters. The molecule has 1 aromatic rings. The number of aromatic nitrogens is 1. The van der Waals surface area contributed by atoms with Crippen molar-refractivity contribution < 1.29 is 35.3 Å². The number of carbonyl (C=O) groups excluding carboxylic acids is 1. The van der Waals surface area contributed by atoms with Crippen LogP contribution in [0.25, 0.3) is 0 Å². The second kappa shape index (κ2) is 7.34. The van der Waals surface area contributed by atoms with Crippen molar-refractivity contribution in [1.82, 2.24) is 9.88 Å². The highest BCUT2D eigenvalue weighted by Gasteiger charge is 2.52. The Balaban J connectivity index is 2.39. The van der Waals surface area contributed by atoms with E-state index in [1.165, 1.54) is 20.8 Å². The lowest BCUT2D eigenvalue weighted by atomic mass is 9.83. The summed E-state index contributed by atoms with van der Waals surface area (Å²) in [7, 11) is -1.46. The standard InChI is InChI=1S/C21H33BN2O4/c1-19(2,3)26-18(25)24-13-9-10-15(14-24)16-11-8-12-17(23-16)22-27-20(4,5)21(6,7)28-22/h8,11-12,15H,9-10,13-14H2,1-7H3/i8D,9D2,10D2,11D,12D,13D2,14D2,15D. The third-order valence-corrected chi connectivity index (χ3v) is 4.47. The maximum Gasteiger partial charge on any atom is 0.514 e. The third kappa shape index (κ3) is 4.52. The average molecular weight is 400 g/mol. The first kappa shape index (κ1) is 10.4. The maximum atomic E-state index is 13.2. The Morgan fingerprint density at radius 1 is 1.36 bits per heavy atom. The van der Waals surface area contributed by atoms with Gasteiger partial charge in [0.25, 0.3) is 0 Å². The Morgan fingerprint density at radius 3 is 2.61 bits per heavy atom. The van der Waals surface area contributed by atoms with E-state index in [4.69, 9.17) is 29.1 Å². The molecule has 1 atom stereocenters. The number of carbonyl (C=O) groups is 1. The van der Waals surface area contributed by atoms with Crippen molar-refractivity contribution >= 4 is 18.8 Å². The van der Waals surface area contributed by atoms with E-state index in [0.717, 1.165) is 0 Å². The summed E-state index contributed by atoms with van der Waals surface area (Å²) in [6.45, 7) is 3.41. The second-order valence-electron chi connectivity index (χ2n) is 8.47. The van der Waals surface area contributed by atoms with Crippen molar-refractivity contribution in [2.24, 2.45) is 0 Å². The molecule has 0 aliphatic carbocycles. The van der Waals surface area contributed by atoms with Crippen molar-refractivity contribution in [3.05, 3.63) is 23.8 Å². The molecule has 7 heteroatoms. The molecule has 0 aromatic carbocycles. The normalized spacial score (nSPS) is 40.4. The summed E-state index contributed by atoms with van der Waals surface area (Å²) in [4.78, 5) is 16.9. The van der Waals surface area contributed by atoms with Crippen LogP contribution >= 0.6 is 0 Å². The lowest BCUT2D eigenvalue weighted by Gasteiger charge is -2.34. The minimum atomic E-state index is -3.82. The van der Waals surface area contributed by atoms with Gasteiger partial charge in [0.05, 0.1) is 23.6 Å². The van der Waals surface area contributed by atoms with Crippen molar-refractivity contribution in [3.8, 4) is 0 Å². The fourth-order valence-corrected chi connectivity index (χ4v) is 2.34. The molecule has 2 aliphatic rings. The van der Waals surface area contributed by atoms with E-state index in [9.17, 15) is 6.17 Å². The van der Waals surface area contributed by atoms with E-state index in [1.807, 2.05) is 0 Å². The third-order valence-electron chi connectivity index (χ3n) is 4.47. The molecule has 2 fully saturated rings. The molecule has 2 saturated heterocycles. The van der Waals surface area contributed by atoms with Gasteiger partial charge in [-0.05, 0) is 73.3 Å². The zero-order valence-electron chi connectivity index (χ0n) is 29.1. The van der Waals surface area contributed by atoms with E-state index < -0.39 is 91.1 Å². The van der Waals surface area contributed by atoms with Gasteiger partial charge >= 0.3 is 13.2 Å². The molecular formula is C21H33BN2O4. The van der Waals surface area contributed by atoms with Crippen molar-refractivity contribution in [2.45, 2.75) is 83.9 Å². The van der Waals surface area contributed by atoms with Gasteiger partial charge in [-0.2, -0.15) is 0 Å². The molecule has 2 aliphatic heterocycles. The Bertz CT molecular complexity index is 1220. The minimum Gasteiger partial charge on any atom is -0.444 e. The van der Waals surface area contributed by atoms with E-state index in [-0.39, 0.29) is 4.90 Å². The van der Waals surface area contributed by atoms with Gasteiger partial charge in [-0.3, -0.25) is 4.98 Å². The summed E-state index contributed by atoms with van der Waals surface area (Å²) < 4.78 is 120. The first-order valence-corrected chi connectivity index (χ1v) is 8.90. The summed E-state index contributed by atoms with van der Waals surface area (Å²) in [6, 6.07) is -2.68. The Morgan fingerprint density at radius 2 is 2.00 bits per heavy atom. The van der Waals surface area contributed by atoms with Crippen LogP contribution in [-0.2, 0) is 14.0 Å². The van der Waals surface area contributed by atoms with Crippen LogP contribution in [0.15, 0.2) is 18.1 Å². The molecule has 0 radical (unpaired) electrons. The van der Waals surface area contributed by atoms with Crippen LogP contribution in [0.2, 0.25) is 0 Å². The number of likely N-dealkylation sites (tertiary alicyclic amines) is 1. The molecule has 1 amide bonds. The fourth-order valence-electron chi connectivity index (χ4n) is 2.34. The van der Waals surface area contributed by atoms with Gasteiger partial charge in [0.15, 0.2) is 0 Å². The summed E-state index contributed by atoms with van der Waals surface area (Å²) in [5, 5.41) is 0. The number of hydrogen-bond donors (Lipinski definition) is 0. The summed E-state index contributed by atoms with van der Waals surface area (Å²) >= 11 is 0. The van der Waals surface area contributed by atoms with E-state index >= 15 is 0 Å². The van der Waals surface area contributed by atoms with Gasteiger partial charge in [-0.15, -0.1) is 0 Å². The van der Waals surface area contributed by atoms with Gasteiger partial charge in [-0.1, -0.05) is 6.04 Å². The molecule has 28 heavy (non-hydrogen) atoms. The minimum absolute atomic E-state index is 0.326. The predicted molar refractivity (Wildman–Crippen MR) is 110 cm³/mol. The molecular weight excluding hydrogens is 355 g/mol. The predicted octanol–water partition coefficient (Wildman–Crippen LogP) is 3.50. The van der Waals surface area contributed by atoms with Crippen molar-refractivity contribution in [3.63, 3.8) is 0 Å². The van der Waals surface area contributed by atoms with Crippen molar-refractivity contribution in [2.75, 3.05) is 13.0 Å². The number of rotatable bonds is 2. The highest BCUT2D eigenvalue weighted by atomic mass is 16.7. The molecule has 3 heterocycles. The number of piperidine rings is 1. The monoisotopic (exact) mass is 400 g/mol. The van der Waals surface area contributed by atoms with Crippen LogP contribution < -0.4 is 5.59 Å². The first-order chi connectivity index (χ1) is 17.5. The van der Waals surface area contributed by atoms with Crippen LogP contribution in [0.5, 0.6) is 0 Å². The topological polar surface area (TPSA) is 60.9 Å². The SMILES string of the molecule is [2H]c1c(B2OC(C)(C)C(C)(C)O2)nc(C2([2H])C([2H])([2H])N(C(=O)OC(C)(C)C)C([2H])([2H])C([2H])([2H])C2([2H])[2H])c([2H])c1[2H]. The molecule has 6 nitrogen and oxygen atoms in total. The number of ether oxygens (including phenoxy) is 1. The summed E-state index contributed by atoms with van der Waals surface area (Å²) in [5.41, 5.74) is -4.91. The zero-order chi connectivity index (χ0) is 31.4. The van der Waals surface area contributed by atoms with Crippen molar-refractivity contribution in [1.29, 1.82) is 0 Å². The van der Waals surface area contributed by atoms with E-state index in [1.54, 1.807) is 27.7 Å². The maximum absolute atomic E-state index is 13.2. The number of pyridine rings is 1. The summed E-state index contributed by atoms with van der Waals surface area (Å²) in [6.07, 6.45) is -9.33. The van der Waals surface area contributed by atoms with Crippen LogP contribution in [0.4, 0.5) is 4.79 Å². The van der Waals surface area contributed by atoms with Crippen LogP contribution in [0.1, 0.15) is 89.2 Å². The van der Waals surface area contributed by atoms with Crippen LogP contribution in [0.3, 0.4) is 0 Å². The Labute approximate surface area is 185 Å². The number of nitrogens with zero attached hydrogens (tertiary/aromatic N) is 2. The molecule has 0 bridgehead atoms. The van der Waals surface area contributed by atoms with Gasteiger partial charge in [0.2, 0.25) is 0 Å². The van der Waals surface area contributed by atoms with Gasteiger partial charge < -0.3 is 18.9 Å². The molecule has 0 spiro atoms. The highest BCUT2D eigenvalue weighted by molar-refractivity contribution is 6.61. The van der Waals surface area contributed by atoms with Gasteiger partial charge in [0, 0.05) is 34.2 Å². The Hall–Kier alpha value is -1.60. The smallest absolute Gasteiger partial charge is 0.444 e. The molecule has 1 aromatic heterocycles. The lowest BCUT2D eigenvalue weighted by Crippen LogP contribution is -2.43. The van der Waals surface area contributed by atoms with Gasteiger partial charge in [-0.25, -0.2) is 4.79 Å². The highest BCUT2D eigenvalue weighted by Crippen LogP contribution is 2.36. The Kier molecular flexibility index (Phi) is 2.74. The number of amides is 1. The number of hydrogen-bond acceptors (Lipinski definition) is 5. The lowest BCUT2D eigenvalue weighted by molar-refractivity contribution is 0.00578. The van der Waals surface area contributed by atoms with Crippen LogP contribution in [0, 0.1) is 0 Å². The first-order valence-electron chi connectivity index (χ1n) is 14.9. The zero-order valence-corrected chi connectivity index (χ0v) is 17.1. The molecule has 0 saturated carbocycles.